The number of aryl methyl sites for hydroxylation is 2. The Morgan fingerprint density at radius 3 is 2.62 bits per heavy atom. The minimum absolute atomic E-state index is 0.0620. The quantitative estimate of drug-likeness (QED) is 0.422. The molecule has 0 aromatic carbocycles. The average Bonchev–Trinajstić information content (AvgIpc) is 3.45. The number of sulfone groups is 1. The number of hydrogen-bond acceptors (Lipinski definition) is 7. The molecular weight excluding hydrogens is 388 g/mol. The van der Waals surface area contributed by atoms with E-state index in [1.165, 1.54) is 25.2 Å². The Labute approximate surface area is 170 Å². The highest BCUT2D eigenvalue weighted by atomic mass is 32.2. The Hall–Kier alpha value is -2.55. The molecule has 0 aliphatic heterocycles. The maximum atomic E-state index is 12.3. The summed E-state index contributed by atoms with van der Waals surface area (Å²) in [7, 11) is -3.42. The number of nitrogen functional groups attached to an aromatic ring is 1. The van der Waals surface area contributed by atoms with E-state index in [0.717, 1.165) is 54.1 Å². The second-order valence-electron chi connectivity index (χ2n) is 7.76. The minimum Gasteiger partial charge on any atom is -0.382 e. The molecule has 9 heteroatoms. The molecule has 0 radical (unpaired) electrons. The zero-order chi connectivity index (χ0) is 20.4. The van der Waals surface area contributed by atoms with E-state index in [-0.39, 0.29) is 10.9 Å². The Kier molecular flexibility index (Phi) is 5.49. The molecule has 0 amide bonds. The van der Waals surface area contributed by atoms with Crippen molar-refractivity contribution in [2.75, 3.05) is 11.5 Å². The summed E-state index contributed by atoms with van der Waals surface area (Å²) in [5.41, 5.74) is 8.97. The lowest BCUT2D eigenvalue weighted by Gasteiger charge is -2.10. The number of nitrogens with zero attached hydrogens (tertiary/aromatic N) is 5. The number of imidazole rings is 1. The summed E-state index contributed by atoms with van der Waals surface area (Å²) in [6.07, 6.45) is 10.4. The van der Waals surface area contributed by atoms with Crippen LogP contribution in [0.4, 0.5) is 5.82 Å². The fourth-order valence-electron chi connectivity index (χ4n) is 3.62. The molecule has 1 aliphatic rings. The standard InChI is InChI=1S/C20H26N6O2S/c1-14-13-24-19(21)17-18(14)26(16(25-17)12-15-6-7-15)10-3-2-4-11-29(27,28)20-22-8-5-9-23-20/h5,8-9,13,15H,2-4,6-7,10-12H2,1H3,(H2,21,24). The molecule has 0 bridgehead atoms. The van der Waals surface area contributed by atoms with Gasteiger partial charge in [-0.05, 0) is 50.2 Å². The van der Waals surface area contributed by atoms with E-state index in [1.807, 2.05) is 6.92 Å². The Balaban J connectivity index is 1.42. The smallest absolute Gasteiger partial charge is 0.246 e. The molecular formula is C20H26N6O2S. The van der Waals surface area contributed by atoms with Gasteiger partial charge in [-0.2, -0.15) is 0 Å². The van der Waals surface area contributed by atoms with Crippen LogP contribution in [0.15, 0.2) is 29.8 Å². The highest BCUT2D eigenvalue weighted by Gasteiger charge is 2.25. The Morgan fingerprint density at radius 2 is 1.90 bits per heavy atom. The Bertz CT molecular complexity index is 1110. The molecule has 8 nitrogen and oxygen atoms in total. The van der Waals surface area contributed by atoms with Gasteiger partial charge in [0.05, 0.1) is 11.3 Å². The van der Waals surface area contributed by atoms with Crippen molar-refractivity contribution in [2.45, 2.75) is 57.1 Å². The molecule has 3 heterocycles. The molecule has 0 atom stereocenters. The molecule has 0 spiro atoms. The van der Waals surface area contributed by atoms with Crippen molar-refractivity contribution in [1.29, 1.82) is 0 Å². The van der Waals surface area contributed by atoms with Crippen LogP contribution in [0.25, 0.3) is 11.0 Å². The third-order valence-electron chi connectivity index (χ3n) is 5.34. The molecule has 4 rings (SSSR count). The largest absolute Gasteiger partial charge is 0.382 e. The van der Waals surface area contributed by atoms with Gasteiger partial charge >= 0.3 is 0 Å². The van der Waals surface area contributed by atoms with Gasteiger partial charge in [-0.3, -0.25) is 0 Å². The summed E-state index contributed by atoms with van der Waals surface area (Å²) < 4.78 is 26.9. The van der Waals surface area contributed by atoms with Crippen LogP contribution in [-0.4, -0.2) is 38.7 Å². The first-order chi connectivity index (χ1) is 14.0. The maximum Gasteiger partial charge on any atom is 0.246 e. The van der Waals surface area contributed by atoms with E-state index in [1.54, 1.807) is 12.3 Å². The number of hydrogen-bond donors (Lipinski definition) is 1. The van der Waals surface area contributed by atoms with Gasteiger partial charge in [0.2, 0.25) is 15.0 Å². The van der Waals surface area contributed by atoms with E-state index >= 15 is 0 Å². The summed E-state index contributed by atoms with van der Waals surface area (Å²) in [5, 5.41) is -0.0917. The second-order valence-corrected chi connectivity index (χ2v) is 9.76. The highest BCUT2D eigenvalue weighted by molar-refractivity contribution is 7.91. The molecule has 1 saturated carbocycles. The van der Waals surface area contributed by atoms with Crippen LogP contribution >= 0.6 is 0 Å². The number of nitrogens with two attached hydrogens (primary N) is 1. The molecule has 1 aliphatic carbocycles. The van der Waals surface area contributed by atoms with Crippen LogP contribution in [0.5, 0.6) is 0 Å². The van der Waals surface area contributed by atoms with Crippen molar-refractivity contribution < 1.29 is 8.42 Å². The van der Waals surface area contributed by atoms with Crippen molar-refractivity contribution >= 4 is 26.7 Å². The summed E-state index contributed by atoms with van der Waals surface area (Å²) in [6, 6.07) is 1.61. The second kappa shape index (κ2) is 8.06. The van der Waals surface area contributed by atoms with Gasteiger partial charge in [-0.15, -0.1) is 0 Å². The van der Waals surface area contributed by atoms with Gasteiger partial charge in [0.15, 0.2) is 5.82 Å². The zero-order valence-corrected chi connectivity index (χ0v) is 17.4. The molecule has 0 saturated heterocycles. The van der Waals surface area contributed by atoms with E-state index in [4.69, 9.17) is 10.7 Å². The molecule has 0 unspecified atom stereocenters. The Morgan fingerprint density at radius 1 is 1.14 bits per heavy atom. The van der Waals surface area contributed by atoms with Crippen LogP contribution < -0.4 is 5.73 Å². The van der Waals surface area contributed by atoms with Crippen LogP contribution in [0, 0.1) is 12.8 Å². The number of anilines is 1. The monoisotopic (exact) mass is 414 g/mol. The zero-order valence-electron chi connectivity index (χ0n) is 16.6. The number of rotatable bonds is 9. The molecule has 1 fully saturated rings. The molecule has 29 heavy (non-hydrogen) atoms. The third kappa shape index (κ3) is 4.39. The van der Waals surface area contributed by atoms with Gasteiger partial charge in [0.25, 0.3) is 0 Å². The lowest BCUT2D eigenvalue weighted by molar-refractivity contribution is 0.564. The SMILES string of the molecule is Cc1cnc(N)c2nc(CC3CC3)n(CCCCCS(=O)(=O)c3ncccn3)c12. The first-order valence-corrected chi connectivity index (χ1v) is 11.7. The van der Waals surface area contributed by atoms with E-state index in [9.17, 15) is 8.42 Å². The predicted octanol–water partition coefficient (Wildman–Crippen LogP) is 2.71. The lowest BCUT2D eigenvalue weighted by atomic mass is 10.2. The molecule has 2 N–H and O–H groups in total. The predicted molar refractivity (Wildman–Crippen MR) is 111 cm³/mol. The van der Waals surface area contributed by atoms with Crippen LogP contribution in [0.2, 0.25) is 0 Å². The summed E-state index contributed by atoms with van der Waals surface area (Å²) in [5.74, 6) is 2.31. The summed E-state index contributed by atoms with van der Waals surface area (Å²) in [4.78, 5) is 16.8. The van der Waals surface area contributed by atoms with Crippen molar-refractivity contribution in [1.82, 2.24) is 24.5 Å². The maximum absolute atomic E-state index is 12.3. The fraction of sp³-hybridized carbons (Fsp3) is 0.500. The lowest BCUT2D eigenvalue weighted by Crippen LogP contribution is -2.11. The normalized spacial score (nSPS) is 14.5. The van der Waals surface area contributed by atoms with Crippen molar-refractivity contribution in [2.24, 2.45) is 5.92 Å². The fourth-order valence-corrected chi connectivity index (χ4v) is 4.83. The third-order valence-corrected chi connectivity index (χ3v) is 6.94. The molecule has 154 valence electrons. The van der Waals surface area contributed by atoms with E-state index in [2.05, 4.69) is 19.5 Å². The van der Waals surface area contributed by atoms with Crippen LogP contribution in [-0.2, 0) is 22.8 Å². The van der Waals surface area contributed by atoms with Gasteiger partial charge in [0.1, 0.15) is 11.3 Å². The van der Waals surface area contributed by atoms with E-state index in [0.29, 0.717) is 12.2 Å². The van der Waals surface area contributed by atoms with Crippen molar-refractivity contribution in [3.05, 3.63) is 36.0 Å². The minimum atomic E-state index is -3.42. The van der Waals surface area contributed by atoms with Crippen molar-refractivity contribution in [3.63, 3.8) is 0 Å². The molecule has 3 aromatic rings. The first-order valence-electron chi connectivity index (χ1n) is 10.1. The summed E-state index contributed by atoms with van der Waals surface area (Å²) in [6.45, 7) is 2.82. The summed E-state index contributed by atoms with van der Waals surface area (Å²) >= 11 is 0. The molecule has 3 aromatic heterocycles. The van der Waals surface area contributed by atoms with Crippen LogP contribution in [0.3, 0.4) is 0 Å². The van der Waals surface area contributed by atoms with Crippen LogP contribution in [0.1, 0.15) is 43.5 Å². The van der Waals surface area contributed by atoms with Gasteiger partial charge in [-0.25, -0.2) is 28.4 Å². The number of pyridine rings is 1. The highest BCUT2D eigenvalue weighted by Crippen LogP contribution is 2.34. The number of aromatic nitrogens is 5. The van der Waals surface area contributed by atoms with Gasteiger partial charge in [-0.1, -0.05) is 6.42 Å². The number of fused-ring (bicyclic) bond motifs is 1. The van der Waals surface area contributed by atoms with Crippen molar-refractivity contribution in [3.8, 4) is 0 Å². The topological polar surface area (TPSA) is 117 Å². The van der Waals surface area contributed by atoms with E-state index < -0.39 is 9.84 Å². The first kappa shape index (κ1) is 19.8. The van der Waals surface area contributed by atoms with Gasteiger partial charge in [0, 0.05) is 31.6 Å². The number of unbranched alkanes of at least 4 members (excludes halogenated alkanes) is 2. The van der Waals surface area contributed by atoms with Gasteiger partial charge < -0.3 is 10.3 Å². The average molecular weight is 415 g/mol.